The van der Waals surface area contributed by atoms with E-state index in [1.807, 2.05) is 0 Å². The monoisotopic (exact) mass is 249 g/mol. The molecule has 0 saturated heterocycles. The first kappa shape index (κ1) is 15.5. The molecular formula is C17H31N. The summed E-state index contributed by atoms with van der Waals surface area (Å²) in [6.07, 6.45) is 7.35. The van der Waals surface area contributed by atoms with Gasteiger partial charge < -0.3 is 4.90 Å². The van der Waals surface area contributed by atoms with Gasteiger partial charge in [-0.1, -0.05) is 39.3 Å². The van der Waals surface area contributed by atoms with Crippen LogP contribution in [0.3, 0.4) is 0 Å². The lowest BCUT2D eigenvalue weighted by molar-refractivity contribution is 0.186. The standard InChI is InChI=1S/C17H31N/c1-8-14-12-17(11-4,13(5)18(6)7)16(10-3)15(14)9-2/h12-13H,8-11H2,1-7H3. The predicted octanol–water partition coefficient (Wildman–Crippen LogP) is 4.80. The van der Waals surface area contributed by atoms with E-state index in [0.717, 1.165) is 0 Å². The summed E-state index contributed by atoms with van der Waals surface area (Å²) >= 11 is 0. The van der Waals surface area contributed by atoms with Crippen LogP contribution < -0.4 is 0 Å². The Labute approximate surface area is 114 Å². The van der Waals surface area contributed by atoms with Crippen molar-refractivity contribution in [2.75, 3.05) is 14.1 Å². The number of rotatable bonds is 6. The highest BCUT2D eigenvalue weighted by atomic mass is 15.1. The van der Waals surface area contributed by atoms with Crippen LogP contribution in [0, 0.1) is 5.41 Å². The minimum atomic E-state index is 0.273. The SMILES string of the molecule is CCC1=CC(CC)(C(C)N(C)C)C(CC)=C1CC. The van der Waals surface area contributed by atoms with Gasteiger partial charge in [0.15, 0.2) is 0 Å². The fraction of sp³-hybridized carbons (Fsp3) is 0.765. The molecular weight excluding hydrogens is 218 g/mol. The number of allylic oxidation sites excluding steroid dienone is 2. The summed E-state index contributed by atoms with van der Waals surface area (Å²) < 4.78 is 0. The maximum Gasteiger partial charge on any atom is 0.0252 e. The molecule has 0 bridgehead atoms. The van der Waals surface area contributed by atoms with E-state index in [4.69, 9.17) is 0 Å². The molecule has 0 saturated carbocycles. The van der Waals surface area contributed by atoms with Crippen LogP contribution in [0.1, 0.15) is 60.3 Å². The second-order valence-corrected chi connectivity index (χ2v) is 5.72. The van der Waals surface area contributed by atoms with Crippen LogP contribution in [0.2, 0.25) is 0 Å². The largest absolute Gasteiger partial charge is 0.306 e. The maximum atomic E-state index is 2.59. The van der Waals surface area contributed by atoms with Crippen molar-refractivity contribution in [1.82, 2.24) is 4.90 Å². The molecule has 1 nitrogen and oxygen atoms in total. The molecule has 0 amide bonds. The molecule has 18 heavy (non-hydrogen) atoms. The number of hydrogen-bond acceptors (Lipinski definition) is 1. The molecule has 1 aliphatic carbocycles. The van der Waals surface area contributed by atoms with E-state index in [1.165, 1.54) is 25.7 Å². The van der Waals surface area contributed by atoms with E-state index >= 15 is 0 Å². The Morgan fingerprint density at radius 1 is 1.06 bits per heavy atom. The maximum absolute atomic E-state index is 2.59. The highest BCUT2D eigenvalue weighted by Gasteiger charge is 2.41. The van der Waals surface area contributed by atoms with Crippen molar-refractivity contribution in [3.8, 4) is 0 Å². The lowest BCUT2D eigenvalue weighted by Crippen LogP contribution is -2.41. The zero-order valence-corrected chi connectivity index (χ0v) is 13.4. The molecule has 0 aromatic carbocycles. The van der Waals surface area contributed by atoms with Crippen LogP contribution in [-0.2, 0) is 0 Å². The van der Waals surface area contributed by atoms with Gasteiger partial charge in [-0.2, -0.15) is 0 Å². The molecule has 0 N–H and O–H groups in total. The first-order valence-electron chi connectivity index (χ1n) is 7.59. The minimum absolute atomic E-state index is 0.273. The van der Waals surface area contributed by atoms with Crippen molar-refractivity contribution >= 4 is 0 Å². The third-order valence-electron chi connectivity index (χ3n) is 4.94. The molecule has 0 fully saturated rings. The molecule has 1 aliphatic rings. The molecule has 0 radical (unpaired) electrons. The van der Waals surface area contributed by atoms with Crippen LogP contribution in [0.15, 0.2) is 22.8 Å². The Morgan fingerprint density at radius 3 is 2.00 bits per heavy atom. The summed E-state index contributed by atoms with van der Waals surface area (Å²) in [5.74, 6) is 0. The van der Waals surface area contributed by atoms with Gasteiger partial charge in [-0.25, -0.2) is 0 Å². The van der Waals surface area contributed by atoms with Crippen molar-refractivity contribution in [3.05, 3.63) is 22.8 Å². The Bertz CT molecular complexity index is 349. The van der Waals surface area contributed by atoms with Gasteiger partial charge in [-0.3, -0.25) is 0 Å². The van der Waals surface area contributed by atoms with E-state index in [-0.39, 0.29) is 5.41 Å². The highest BCUT2D eigenvalue weighted by molar-refractivity contribution is 5.49. The lowest BCUT2D eigenvalue weighted by atomic mass is 9.72. The van der Waals surface area contributed by atoms with Gasteiger partial charge in [0.1, 0.15) is 0 Å². The van der Waals surface area contributed by atoms with Crippen molar-refractivity contribution in [3.63, 3.8) is 0 Å². The molecule has 1 rings (SSSR count). The minimum Gasteiger partial charge on any atom is -0.306 e. The van der Waals surface area contributed by atoms with Crippen LogP contribution in [-0.4, -0.2) is 25.0 Å². The van der Waals surface area contributed by atoms with E-state index in [2.05, 4.69) is 59.7 Å². The van der Waals surface area contributed by atoms with E-state index < -0.39 is 0 Å². The van der Waals surface area contributed by atoms with Gasteiger partial charge >= 0.3 is 0 Å². The molecule has 0 aromatic heterocycles. The third-order valence-corrected chi connectivity index (χ3v) is 4.94. The quantitative estimate of drug-likeness (QED) is 0.653. The first-order chi connectivity index (χ1) is 8.48. The number of hydrogen-bond donors (Lipinski definition) is 0. The van der Waals surface area contributed by atoms with Crippen molar-refractivity contribution in [2.45, 2.75) is 66.3 Å². The van der Waals surface area contributed by atoms with E-state index in [0.29, 0.717) is 6.04 Å². The lowest BCUT2D eigenvalue weighted by Gasteiger charge is -2.40. The smallest absolute Gasteiger partial charge is 0.0252 e. The van der Waals surface area contributed by atoms with Crippen LogP contribution in [0.5, 0.6) is 0 Å². The van der Waals surface area contributed by atoms with Gasteiger partial charge in [-0.05, 0) is 57.8 Å². The Kier molecular flexibility index (Phi) is 5.21. The second-order valence-electron chi connectivity index (χ2n) is 5.72. The topological polar surface area (TPSA) is 3.24 Å². The second kappa shape index (κ2) is 6.06. The summed E-state index contributed by atoms with van der Waals surface area (Å²) in [6.45, 7) is 11.6. The van der Waals surface area contributed by atoms with Gasteiger partial charge in [0, 0.05) is 11.5 Å². The highest BCUT2D eigenvalue weighted by Crippen LogP contribution is 2.50. The van der Waals surface area contributed by atoms with E-state index in [1.54, 1.807) is 16.7 Å². The normalized spacial score (nSPS) is 25.9. The third kappa shape index (κ3) is 2.30. The van der Waals surface area contributed by atoms with Gasteiger partial charge in [0.2, 0.25) is 0 Å². The fourth-order valence-corrected chi connectivity index (χ4v) is 3.70. The van der Waals surface area contributed by atoms with Crippen molar-refractivity contribution in [1.29, 1.82) is 0 Å². The van der Waals surface area contributed by atoms with Crippen LogP contribution in [0.25, 0.3) is 0 Å². The zero-order chi connectivity index (χ0) is 13.9. The zero-order valence-electron chi connectivity index (χ0n) is 13.4. The summed E-state index contributed by atoms with van der Waals surface area (Å²) in [5, 5.41) is 0. The molecule has 0 spiro atoms. The van der Waals surface area contributed by atoms with Crippen LogP contribution >= 0.6 is 0 Å². The van der Waals surface area contributed by atoms with E-state index in [9.17, 15) is 0 Å². The number of nitrogens with zero attached hydrogens (tertiary/aromatic N) is 1. The molecule has 2 atom stereocenters. The van der Waals surface area contributed by atoms with Crippen molar-refractivity contribution in [2.24, 2.45) is 5.41 Å². The predicted molar refractivity (Wildman–Crippen MR) is 81.9 cm³/mol. The molecule has 0 aliphatic heterocycles. The summed E-state index contributed by atoms with van der Waals surface area (Å²) in [6, 6.07) is 0.572. The Balaban J connectivity index is 3.35. The average Bonchev–Trinajstić information content (AvgIpc) is 2.71. The van der Waals surface area contributed by atoms with Gasteiger partial charge in [-0.15, -0.1) is 0 Å². The molecule has 0 aromatic rings. The molecule has 1 heteroatoms. The molecule has 104 valence electrons. The van der Waals surface area contributed by atoms with Crippen LogP contribution in [0.4, 0.5) is 0 Å². The van der Waals surface area contributed by atoms with Gasteiger partial charge in [0.05, 0.1) is 0 Å². The Hall–Kier alpha value is -0.560. The molecule has 0 heterocycles. The summed E-state index contributed by atoms with van der Waals surface area (Å²) in [5.41, 5.74) is 5.22. The Morgan fingerprint density at radius 2 is 1.67 bits per heavy atom. The first-order valence-corrected chi connectivity index (χ1v) is 7.59. The van der Waals surface area contributed by atoms with Gasteiger partial charge in [0.25, 0.3) is 0 Å². The fourth-order valence-electron chi connectivity index (χ4n) is 3.70. The summed E-state index contributed by atoms with van der Waals surface area (Å²) in [7, 11) is 4.41. The average molecular weight is 249 g/mol. The van der Waals surface area contributed by atoms with Crippen molar-refractivity contribution < 1.29 is 0 Å². The summed E-state index contributed by atoms with van der Waals surface area (Å²) in [4.78, 5) is 2.38. The molecule has 2 unspecified atom stereocenters.